The average molecular weight is 419 g/mol. The number of anilines is 1. The second kappa shape index (κ2) is 7.94. The minimum atomic E-state index is -0.680. The lowest BCUT2D eigenvalue weighted by Gasteiger charge is -2.11. The molecule has 0 aliphatic heterocycles. The molecule has 2 aromatic heterocycles. The van der Waals surface area contributed by atoms with Crippen LogP contribution in [0.25, 0.3) is 22.4 Å². The monoisotopic (exact) mass is 419 g/mol. The van der Waals surface area contributed by atoms with Crippen molar-refractivity contribution in [2.45, 2.75) is 13.5 Å². The molecule has 1 N–H and O–H groups in total. The van der Waals surface area contributed by atoms with E-state index in [0.717, 1.165) is 15.7 Å². The molecule has 1 amide bonds. The predicted octanol–water partition coefficient (Wildman–Crippen LogP) is 2.24. The molecule has 9 heteroatoms. The molecule has 0 atom stereocenters. The lowest BCUT2D eigenvalue weighted by molar-refractivity contribution is -0.116. The molecule has 156 valence electrons. The van der Waals surface area contributed by atoms with Crippen LogP contribution in [0.4, 0.5) is 10.1 Å². The highest BCUT2D eigenvalue weighted by Crippen LogP contribution is 2.17. The van der Waals surface area contributed by atoms with Crippen molar-refractivity contribution >= 4 is 22.6 Å². The zero-order valence-electron chi connectivity index (χ0n) is 16.8. The van der Waals surface area contributed by atoms with E-state index in [4.69, 9.17) is 0 Å². The number of hydrogen-bond acceptors (Lipinski definition) is 5. The molecular weight excluding hydrogens is 401 g/mol. The summed E-state index contributed by atoms with van der Waals surface area (Å²) in [4.78, 5) is 46.6. The number of amides is 1. The van der Waals surface area contributed by atoms with Gasteiger partial charge < -0.3 is 5.32 Å². The van der Waals surface area contributed by atoms with Gasteiger partial charge in [0.1, 0.15) is 17.7 Å². The zero-order valence-corrected chi connectivity index (χ0v) is 16.8. The van der Waals surface area contributed by atoms with Crippen LogP contribution in [0.15, 0.2) is 64.3 Å². The Kier molecular flexibility index (Phi) is 5.16. The van der Waals surface area contributed by atoms with Gasteiger partial charge in [0.15, 0.2) is 11.5 Å². The summed E-state index contributed by atoms with van der Waals surface area (Å²) in [6, 6.07) is 12.7. The van der Waals surface area contributed by atoms with Crippen molar-refractivity contribution in [3.8, 4) is 11.4 Å². The SMILES string of the molecule is Cc1ccc(-c2ncc3c(=O)n(CC(=O)Nc4ccc(F)cc4)c(=O)n(C)c3n2)cc1. The fourth-order valence-corrected chi connectivity index (χ4v) is 3.14. The van der Waals surface area contributed by atoms with Crippen molar-refractivity contribution in [1.29, 1.82) is 0 Å². The van der Waals surface area contributed by atoms with Gasteiger partial charge in [-0.2, -0.15) is 0 Å². The standard InChI is InChI=1S/C22H18FN5O3/c1-13-3-5-14(6-4-13)19-24-11-17-20(26-19)27(2)22(31)28(21(17)30)12-18(29)25-16-9-7-15(23)8-10-16/h3-11H,12H2,1-2H3,(H,25,29). The third-order valence-electron chi connectivity index (χ3n) is 4.82. The number of nitrogens with zero attached hydrogens (tertiary/aromatic N) is 4. The highest BCUT2D eigenvalue weighted by molar-refractivity contribution is 5.90. The van der Waals surface area contributed by atoms with Crippen LogP contribution in [0.5, 0.6) is 0 Å². The van der Waals surface area contributed by atoms with E-state index in [0.29, 0.717) is 11.5 Å². The number of fused-ring (bicyclic) bond motifs is 1. The summed E-state index contributed by atoms with van der Waals surface area (Å²) in [5, 5.41) is 2.65. The van der Waals surface area contributed by atoms with Crippen molar-refractivity contribution in [2.24, 2.45) is 7.05 Å². The van der Waals surface area contributed by atoms with Crippen LogP contribution in [-0.4, -0.2) is 25.0 Å². The summed E-state index contributed by atoms with van der Waals surface area (Å²) in [6.07, 6.45) is 1.35. The predicted molar refractivity (Wildman–Crippen MR) is 114 cm³/mol. The number of aromatic nitrogens is 4. The first kappa shape index (κ1) is 20.1. The van der Waals surface area contributed by atoms with Crippen molar-refractivity contribution in [1.82, 2.24) is 19.1 Å². The summed E-state index contributed by atoms with van der Waals surface area (Å²) in [5.41, 5.74) is 1.02. The van der Waals surface area contributed by atoms with E-state index in [2.05, 4.69) is 15.3 Å². The minimum absolute atomic E-state index is 0.118. The summed E-state index contributed by atoms with van der Waals surface area (Å²) >= 11 is 0. The number of hydrogen-bond donors (Lipinski definition) is 1. The van der Waals surface area contributed by atoms with Crippen LogP contribution in [0.1, 0.15) is 5.56 Å². The number of rotatable bonds is 4. The van der Waals surface area contributed by atoms with E-state index in [1.807, 2.05) is 31.2 Å². The summed E-state index contributed by atoms with van der Waals surface area (Å²) < 4.78 is 15.0. The summed E-state index contributed by atoms with van der Waals surface area (Å²) in [7, 11) is 1.48. The van der Waals surface area contributed by atoms with Gasteiger partial charge in [0.25, 0.3) is 5.56 Å². The van der Waals surface area contributed by atoms with Gasteiger partial charge in [-0.1, -0.05) is 29.8 Å². The second-order valence-electron chi connectivity index (χ2n) is 7.08. The number of halogens is 1. The van der Waals surface area contributed by atoms with Gasteiger partial charge >= 0.3 is 5.69 Å². The largest absolute Gasteiger partial charge is 0.332 e. The number of benzene rings is 2. The molecule has 0 radical (unpaired) electrons. The molecule has 4 aromatic rings. The first-order valence-electron chi connectivity index (χ1n) is 9.42. The molecule has 0 saturated carbocycles. The van der Waals surface area contributed by atoms with E-state index in [1.165, 1.54) is 42.1 Å². The van der Waals surface area contributed by atoms with Crippen molar-refractivity contribution in [2.75, 3.05) is 5.32 Å². The number of nitrogens with one attached hydrogen (secondary N) is 1. The van der Waals surface area contributed by atoms with Gasteiger partial charge in [-0.15, -0.1) is 0 Å². The molecule has 4 rings (SSSR count). The van der Waals surface area contributed by atoms with Gasteiger partial charge in [0.05, 0.1) is 0 Å². The molecule has 2 heterocycles. The van der Waals surface area contributed by atoms with Crippen molar-refractivity contribution in [3.05, 3.63) is 86.9 Å². The Hall–Kier alpha value is -4.14. The Labute approximate surface area is 175 Å². The summed E-state index contributed by atoms with van der Waals surface area (Å²) in [5.74, 6) is -0.654. The molecular formula is C22H18FN5O3. The third kappa shape index (κ3) is 3.97. The lowest BCUT2D eigenvalue weighted by atomic mass is 10.1. The van der Waals surface area contributed by atoms with Crippen LogP contribution >= 0.6 is 0 Å². The molecule has 0 aliphatic rings. The maximum Gasteiger partial charge on any atom is 0.332 e. The Morgan fingerprint density at radius 2 is 1.74 bits per heavy atom. The number of aryl methyl sites for hydroxylation is 2. The highest BCUT2D eigenvalue weighted by Gasteiger charge is 2.16. The van der Waals surface area contributed by atoms with Gasteiger partial charge in [-0.05, 0) is 31.2 Å². The van der Waals surface area contributed by atoms with Gasteiger partial charge in [0.2, 0.25) is 5.91 Å². The first-order chi connectivity index (χ1) is 14.8. The maximum absolute atomic E-state index is 13.0. The van der Waals surface area contributed by atoms with Crippen LogP contribution < -0.4 is 16.6 Å². The van der Waals surface area contributed by atoms with E-state index < -0.39 is 29.5 Å². The minimum Gasteiger partial charge on any atom is -0.325 e. The van der Waals surface area contributed by atoms with Crippen molar-refractivity contribution in [3.63, 3.8) is 0 Å². The molecule has 31 heavy (non-hydrogen) atoms. The van der Waals surface area contributed by atoms with Crippen LogP contribution in [0.3, 0.4) is 0 Å². The average Bonchev–Trinajstić information content (AvgIpc) is 2.77. The van der Waals surface area contributed by atoms with Gasteiger partial charge in [0, 0.05) is 24.5 Å². The molecule has 0 spiro atoms. The molecule has 0 aliphatic carbocycles. The van der Waals surface area contributed by atoms with E-state index >= 15 is 0 Å². The van der Waals surface area contributed by atoms with E-state index in [-0.39, 0.29) is 11.0 Å². The quantitative estimate of drug-likeness (QED) is 0.547. The van der Waals surface area contributed by atoms with Gasteiger partial charge in [-0.3, -0.25) is 18.7 Å². The smallest absolute Gasteiger partial charge is 0.325 e. The number of carbonyl (C=O) groups is 1. The molecule has 2 aromatic carbocycles. The normalized spacial score (nSPS) is 10.9. The van der Waals surface area contributed by atoms with E-state index in [1.54, 1.807) is 0 Å². The summed E-state index contributed by atoms with van der Waals surface area (Å²) in [6.45, 7) is 1.46. The topological polar surface area (TPSA) is 98.9 Å². The Morgan fingerprint density at radius 3 is 2.42 bits per heavy atom. The Balaban J connectivity index is 1.70. The molecule has 8 nitrogen and oxygen atoms in total. The third-order valence-corrected chi connectivity index (χ3v) is 4.82. The van der Waals surface area contributed by atoms with Crippen LogP contribution in [-0.2, 0) is 18.4 Å². The first-order valence-corrected chi connectivity index (χ1v) is 9.42. The molecule has 0 unspecified atom stereocenters. The fourth-order valence-electron chi connectivity index (χ4n) is 3.14. The maximum atomic E-state index is 13.0. The van der Waals surface area contributed by atoms with Crippen molar-refractivity contribution < 1.29 is 9.18 Å². The van der Waals surface area contributed by atoms with Crippen LogP contribution in [0.2, 0.25) is 0 Å². The van der Waals surface area contributed by atoms with Gasteiger partial charge in [-0.25, -0.2) is 19.2 Å². The molecule has 0 fully saturated rings. The molecule has 0 bridgehead atoms. The molecule has 0 saturated heterocycles. The Bertz CT molecular complexity index is 1410. The fraction of sp³-hybridized carbons (Fsp3) is 0.136. The second-order valence-corrected chi connectivity index (χ2v) is 7.08. The zero-order chi connectivity index (χ0) is 22.1. The lowest BCUT2D eigenvalue weighted by Crippen LogP contribution is -2.42. The highest BCUT2D eigenvalue weighted by atomic mass is 19.1. The Morgan fingerprint density at radius 1 is 1.06 bits per heavy atom. The number of carbonyl (C=O) groups excluding carboxylic acids is 1. The van der Waals surface area contributed by atoms with Crippen LogP contribution in [0, 0.1) is 12.7 Å². The van der Waals surface area contributed by atoms with E-state index in [9.17, 15) is 18.8 Å².